The number of rotatable bonds is 9. The third kappa shape index (κ3) is 6.15. The third-order valence-corrected chi connectivity index (χ3v) is 16.4. The van der Waals surface area contributed by atoms with Gasteiger partial charge in [-0.1, -0.05) is 74.8 Å². The number of morpholine rings is 1. The molecule has 2 aromatic carbocycles. The summed E-state index contributed by atoms with van der Waals surface area (Å²) in [4.78, 5) is 7.25. The number of fused-ring (bicyclic) bond motifs is 3. The fourth-order valence-corrected chi connectivity index (χ4v) is 10.7. The molecule has 11 heteroatoms. The quantitative estimate of drug-likeness (QED) is 0.162. The van der Waals surface area contributed by atoms with E-state index >= 15 is 0 Å². The molecule has 1 aliphatic carbocycles. The Morgan fingerprint density at radius 2 is 1.67 bits per heavy atom. The second-order valence-electron chi connectivity index (χ2n) is 16.1. The summed E-state index contributed by atoms with van der Waals surface area (Å²) >= 11 is 6.70. The number of benzene rings is 2. The summed E-state index contributed by atoms with van der Waals surface area (Å²) in [5.41, 5.74) is 0.996. The number of halogens is 1. The number of hydrogen-bond acceptors (Lipinski definition) is 8. The van der Waals surface area contributed by atoms with Crippen molar-refractivity contribution in [2.45, 2.75) is 81.8 Å². The van der Waals surface area contributed by atoms with Crippen LogP contribution >= 0.6 is 11.6 Å². The first kappa shape index (κ1) is 36.0. The van der Waals surface area contributed by atoms with Gasteiger partial charge in [0, 0.05) is 37.5 Å². The summed E-state index contributed by atoms with van der Waals surface area (Å²) in [6.07, 6.45) is -0.470. The van der Waals surface area contributed by atoms with E-state index in [1.54, 1.807) is 13.2 Å². The molecule has 0 unspecified atom stereocenters. The molecule has 0 amide bonds. The Hall–Kier alpha value is -2.76. The molecule has 262 valence electrons. The maximum atomic E-state index is 9.85. The van der Waals surface area contributed by atoms with Crippen molar-refractivity contribution in [1.82, 2.24) is 9.88 Å². The van der Waals surface area contributed by atoms with Crippen LogP contribution < -0.4 is 9.47 Å². The molecule has 49 heavy (non-hydrogen) atoms. The van der Waals surface area contributed by atoms with Crippen molar-refractivity contribution in [2.24, 2.45) is 5.92 Å². The molecule has 3 aliphatic rings. The molecule has 5 atom stereocenters. The fraction of sp³-hybridized carbons (Fsp3) is 0.526. The number of pyridine rings is 1. The van der Waals surface area contributed by atoms with Crippen LogP contribution in [0.15, 0.2) is 60.7 Å². The minimum absolute atomic E-state index is 0.0878. The molecule has 2 aliphatic heterocycles. The van der Waals surface area contributed by atoms with Crippen LogP contribution in [0.4, 0.5) is 0 Å². The first-order valence-corrected chi connectivity index (χ1v) is 23.9. The van der Waals surface area contributed by atoms with E-state index in [1.807, 2.05) is 24.3 Å². The minimum Gasteiger partial charge on any atom is -0.481 e. The molecule has 6 rings (SSSR count). The van der Waals surface area contributed by atoms with Crippen molar-refractivity contribution in [2.75, 3.05) is 40.0 Å². The van der Waals surface area contributed by atoms with E-state index < -0.39 is 33.9 Å². The summed E-state index contributed by atoms with van der Waals surface area (Å²) in [6.45, 7) is 21.9. The summed E-state index contributed by atoms with van der Waals surface area (Å²) in [7, 11) is -3.32. The van der Waals surface area contributed by atoms with Gasteiger partial charge in [-0.15, -0.1) is 0 Å². The highest BCUT2D eigenvalue weighted by molar-refractivity contribution is 6.74. The summed E-state index contributed by atoms with van der Waals surface area (Å²) in [6, 6.07) is 22.6. The summed E-state index contributed by atoms with van der Waals surface area (Å²) < 4.78 is 35.2. The van der Waals surface area contributed by atoms with Gasteiger partial charge in [0.25, 0.3) is 0 Å². The van der Waals surface area contributed by atoms with Crippen LogP contribution in [0.25, 0.3) is 0 Å². The van der Waals surface area contributed by atoms with Crippen molar-refractivity contribution in [3.05, 3.63) is 88.1 Å². The SMILES string of the molecule is COc1nc(Cl)cc2c1[C@]1(O[Si](C)(C)C)[C@H](O[Si](C)(C)C(C)(C)C)[C@H](CN3CCOCC3)[C@@H](c3ccccc3)[C@]1(c1ccc(C#N)cc1)O2. The molecular weight excluding hydrogens is 670 g/mol. The predicted molar refractivity (Wildman–Crippen MR) is 197 cm³/mol. The lowest BCUT2D eigenvalue weighted by Gasteiger charge is -2.50. The van der Waals surface area contributed by atoms with Crippen molar-refractivity contribution >= 4 is 28.2 Å². The van der Waals surface area contributed by atoms with Gasteiger partial charge < -0.3 is 23.1 Å². The molecule has 1 saturated carbocycles. The van der Waals surface area contributed by atoms with E-state index in [2.05, 4.69) is 94.8 Å². The largest absolute Gasteiger partial charge is 0.481 e. The monoisotopic (exact) mass is 719 g/mol. The predicted octanol–water partition coefficient (Wildman–Crippen LogP) is 8.09. The molecule has 3 heterocycles. The van der Waals surface area contributed by atoms with Crippen LogP contribution in [0.1, 0.15) is 48.9 Å². The van der Waals surface area contributed by atoms with Gasteiger partial charge in [0.15, 0.2) is 27.8 Å². The van der Waals surface area contributed by atoms with Crippen LogP contribution in [0.3, 0.4) is 0 Å². The Morgan fingerprint density at radius 3 is 2.24 bits per heavy atom. The molecular formula is C38H50ClN3O5Si2. The number of nitrogens with zero attached hydrogens (tertiary/aromatic N) is 3. The van der Waals surface area contributed by atoms with Crippen LogP contribution in [0.5, 0.6) is 11.6 Å². The highest BCUT2D eigenvalue weighted by atomic mass is 35.5. The standard InChI is InChI=1S/C38H50ClN3O5Si2/c1-36(2,3)49(8,9)46-34-29(25-42-19-21-44-22-20-42)32(27-13-11-10-12-14-27)37(28-17-15-26(24-40)16-18-28)38(34,47-48(5,6)7)33-30(45-37)23-31(39)41-35(33)43-4/h10-18,23,29,32,34H,19-22,25H2,1-9H3/t29-,32-,34-,37+,38+/m1/s1. The molecule has 0 spiro atoms. The lowest BCUT2D eigenvalue weighted by molar-refractivity contribution is -0.136. The van der Waals surface area contributed by atoms with E-state index in [9.17, 15) is 5.26 Å². The molecule has 1 aromatic heterocycles. The van der Waals surface area contributed by atoms with Crippen molar-refractivity contribution < 1.29 is 23.1 Å². The molecule has 8 nitrogen and oxygen atoms in total. The van der Waals surface area contributed by atoms with Crippen molar-refractivity contribution in [1.29, 1.82) is 5.26 Å². The van der Waals surface area contributed by atoms with Gasteiger partial charge in [-0.3, -0.25) is 4.90 Å². The van der Waals surface area contributed by atoms with E-state index in [0.717, 1.165) is 36.3 Å². The van der Waals surface area contributed by atoms with Gasteiger partial charge in [-0.05, 0) is 61.0 Å². The van der Waals surface area contributed by atoms with Gasteiger partial charge in [0.05, 0.1) is 43.6 Å². The second kappa shape index (κ2) is 13.1. The number of methoxy groups -OCH3 is 1. The third-order valence-electron chi connectivity index (χ3n) is 10.8. The number of nitriles is 1. The Kier molecular flexibility index (Phi) is 9.63. The van der Waals surface area contributed by atoms with Crippen molar-refractivity contribution in [3.8, 4) is 17.7 Å². The van der Waals surface area contributed by atoms with Crippen LogP contribution in [-0.2, 0) is 24.8 Å². The first-order chi connectivity index (χ1) is 23.1. The molecule has 0 N–H and O–H groups in total. The highest BCUT2D eigenvalue weighted by Crippen LogP contribution is 2.73. The molecule has 1 saturated heterocycles. The molecule has 3 aromatic rings. The zero-order valence-electron chi connectivity index (χ0n) is 30.3. The maximum Gasteiger partial charge on any atom is 0.224 e. The zero-order chi connectivity index (χ0) is 35.4. The lowest BCUT2D eigenvalue weighted by Crippen LogP contribution is -2.60. The highest BCUT2D eigenvalue weighted by Gasteiger charge is 2.79. The van der Waals surface area contributed by atoms with Gasteiger partial charge >= 0.3 is 0 Å². The average molecular weight is 720 g/mol. The number of aromatic nitrogens is 1. The Bertz CT molecular complexity index is 1700. The van der Waals surface area contributed by atoms with Gasteiger partial charge in [0.1, 0.15) is 10.9 Å². The van der Waals surface area contributed by atoms with E-state index in [-0.39, 0.29) is 22.0 Å². The van der Waals surface area contributed by atoms with Gasteiger partial charge in [-0.2, -0.15) is 5.26 Å². The Morgan fingerprint density at radius 1 is 1.02 bits per heavy atom. The van der Waals surface area contributed by atoms with E-state index in [4.69, 9.17) is 39.6 Å². The first-order valence-electron chi connectivity index (χ1n) is 17.3. The van der Waals surface area contributed by atoms with E-state index in [0.29, 0.717) is 30.4 Å². The van der Waals surface area contributed by atoms with E-state index in [1.165, 1.54) is 0 Å². The summed E-state index contributed by atoms with van der Waals surface area (Å²) in [5.74, 6) is 0.620. The minimum atomic E-state index is -2.49. The lowest BCUT2D eigenvalue weighted by atomic mass is 9.70. The smallest absolute Gasteiger partial charge is 0.224 e. The topological polar surface area (TPSA) is 86.1 Å². The second-order valence-corrected chi connectivity index (χ2v) is 25.6. The molecule has 0 bridgehead atoms. The van der Waals surface area contributed by atoms with Crippen LogP contribution in [0.2, 0.25) is 42.9 Å². The molecule has 2 fully saturated rings. The van der Waals surface area contributed by atoms with Crippen LogP contribution in [0, 0.1) is 17.2 Å². The van der Waals surface area contributed by atoms with Gasteiger partial charge in [0.2, 0.25) is 5.88 Å². The fourth-order valence-electron chi connectivity index (χ4n) is 7.90. The van der Waals surface area contributed by atoms with Crippen molar-refractivity contribution in [3.63, 3.8) is 0 Å². The zero-order valence-corrected chi connectivity index (χ0v) is 33.1. The number of ether oxygens (including phenoxy) is 3. The number of hydrogen-bond donors (Lipinski definition) is 0. The molecule has 0 radical (unpaired) electrons. The summed E-state index contributed by atoms with van der Waals surface area (Å²) in [5, 5.41) is 10.0. The Balaban J connectivity index is 1.78. The Labute approximate surface area is 298 Å². The average Bonchev–Trinajstić information content (AvgIpc) is 3.43. The maximum absolute atomic E-state index is 9.85. The normalized spacial score (nSPS) is 27.2. The van der Waals surface area contributed by atoms with Gasteiger partial charge in [-0.25, -0.2) is 4.98 Å². The van der Waals surface area contributed by atoms with Crippen LogP contribution in [-0.4, -0.2) is 72.6 Å².